The van der Waals surface area contributed by atoms with Gasteiger partial charge in [-0.05, 0) is 190 Å². The third-order valence-electron chi connectivity index (χ3n) is 18.3. The fraction of sp³-hybridized carbons (Fsp3) is 0.241. The van der Waals surface area contributed by atoms with Crippen molar-refractivity contribution < 1.29 is 4.42 Å². The van der Waals surface area contributed by atoms with Gasteiger partial charge in [-0.25, -0.2) is 0 Å². The van der Waals surface area contributed by atoms with E-state index in [2.05, 4.69) is 299 Å². The summed E-state index contributed by atoms with van der Waals surface area (Å²) in [5.74, 6) is 0. The SMILES string of the molecule is CC(C)(C)c1ccc(N(c2ccc(C(C)(C)C)cc2)c2ccc3c4c(c5ccccc5c3c2)-c2c(cc(N(c3ccc(C(C)(C)C)cc3)c3ccc(C(C)(C)C)cc3)c3c2oc2ccccc23)C42C3=CCCC=C3c3ccccc32)cc1. The van der Waals surface area contributed by atoms with Crippen molar-refractivity contribution in [1.82, 2.24) is 0 Å². The first-order valence-electron chi connectivity index (χ1n) is 29.7. The largest absolute Gasteiger partial charge is 0.455 e. The number of furan rings is 1. The number of nitrogens with zero attached hydrogens (tertiary/aromatic N) is 2. The molecule has 0 N–H and O–H groups in total. The quantitative estimate of drug-likeness (QED) is 0.155. The van der Waals surface area contributed by atoms with Gasteiger partial charge < -0.3 is 14.2 Å². The fourth-order valence-electron chi connectivity index (χ4n) is 14.1. The summed E-state index contributed by atoms with van der Waals surface area (Å²) >= 11 is 0. The normalized spacial score (nSPS) is 15.9. The lowest BCUT2D eigenvalue weighted by molar-refractivity contribution is 0.590. The van der Waals surface area contributed by atoms with Crippen LogP contribution >= 0.6 is 0 Å². The summed E-state index contributed by atoms with van der Waals surface area (Å²) in [4.78, 5) is 4.98. The van der Waals surface area contributed by atoms with Gasteiger partial charge in [-0.1, -0.05) is 217 Å². The topological polar surface area (TPSA) is 19.6 Å². The Bertz CT molecular complexity index is 4330. The maximum atomic E-state index is 7.57. The summed E-state index contributed by atoms with van der Waals surface area (Å²) in [6, 6.07) is 74.3. The van der Waals surface area contributed by atoms with Gasteiger partial charge in [0.05, 0.1) is 16.5 Å². The Kier molecular flexibility index (Phi) is 11.5. The molecular weight excluding hydrogens is 993 g/mol. The highest BCUT2D eigenvalue weighted by Crippen LogP contribution is 2.69. The van der Waals surface area contributed by atoms with Crippen molar-refractivity contribution in [2.75, 3.05) is 9.80 Å². The van der Waals surface area contributed by atoms with Crippen LogP contribution in [0, 0.1) is 0 Å². The van der Waals surface area contributed by atoms with Crippen molar-refractivity contribution in [1.29, 1.82) is 0 Å². The van der Waals surface area contributed by atoms with Crippen LogP contribution < -0.4 is 9.80 Å². The van der Waals surface area contributed by atoms with Crippen molar-refractivity contribution in [3.8, 4) is 11.1 Å². The second kappa shape index (κ2) is 18.3. The van der Waals surface area contributed by atoms with Crippen LogP contribution in [0.25, 0.3) is 60.2 Å². The first kappa shape index (κ1) is 51.7. The van der Waals surface area contributed by atoms with Crippen molar-refractivity contribution >= 4 is 83.2 Å². The molecule has 3 aliphatic carbocycles. The van der Waals surface area contributed by atoms with Gasteiger partial charge in [-0.15, -0.1) is 0 Å². The minimum absolute atomic E-state index is 0.00766. The highest BCUT2D eigenvalue weighted by Gasteiger charge is 2.56. The number of benzene rings is 10. The molecule has 14 rings (SSSR count). The molecule has 1 heterocycles. The predicted octanol–water partition coefficient (Wildman–Crippen LogP) is 22.5. The highest BCUT2D eigenvalue weighted by atomic mass is 16.3. The molecule has 406 valence electrons. The third-order valence-corrected chi connectivity index (χ3v) is 18.3. The molecule has 0 aliphatic heterocycles. The van der Waals surface area contributed by atoms with Crippen LogP contribution in [0.5, 0.6) is 0 Å². The first-order valence-corrected chi connectivity index (χ1v) is 29.7. The molecule has 3 aliphatic rings. The molecular formula is C79H74N2O. The molecule has 0 amide bonds. The van der Waals surface area contributed by atoms with E-state index in [1.165, 1.54) is 88.3 Å². The van der Waals surface area contributed by atoms with Gasteiger partial charge in [-0.3, -0.25) is 0 Å². The molecule has 1 unspecified atom stereocenters. The predicted molar refractivity (Wildman–Crippen MR) is 350 cm³/mol. The maximum Gasteiger partial charge on any atom is 0.145 e. The third kappa shape index (κ3) is 7.90. The van der Waals surface area contributed by atoms with Gasteiger partial charge in [0.25, 0.3) is 0 Å². The van der Waals surface area contributed by atoms with Crippen LogP contribution in [0.3, 0.4) is 0 Å². The van der Waals surface area contributed by atoms with Crippen molar-refractivity contribution in [3.05, 3.63) is 256 Å². The van der Waals surface area contributed by atoms with E-state index in [0.29, 0.717) is 0 Å². The van der Waals surface area contributed by atoms with E-state index in [1.807, 2.05) is 0 Å². The summed E-state index contributed by atoms with van der Waals surface area (Å²) in [6.07, 6.45) is 7.09. The monoisotopic (exact) mass is 1070 g/mol. The van der Waals surface area contributed by atoms with Gasteiger partial charge in [0.1, 0.15) is 11.2 Å². The molecule has 0 bridgehead atoms. The zero-order valence-electron chi connectivity index (χ0n) is 49.8. The number of fused-ring (bicyclic) bond motifs is 19. The molecule has 10 aromatic carbocycles. The molecule has 82 heavy (non-hydrogen) atoms. The Balaban J connectivity index is 1.11. The van der Waals surface area contributed by atoms with Gasteiger partial charge in [0, 0.05) is 39.4 Å². The average Bonchev–Trinajstić information content (AvgIpc) is 1.59. The molecule has 3 nitrogen and oxygen atoms in total. The lowest BCUT2D eigenvalue weighted by Gasteiger charge is -2.34. The van der Waals surface area contributed by atoms with Crippen LogP contribution in [-0.2, 0) is 27.1 Å². The number of rotatable bonds is 6. The average molecular weight is 1070 g/mol. The summed E-state index contributed by atoms with van der Waals surface area (Å²) in [5.41, 5.74) is 23.4. The van der Waals surface area contributed by atoms with Crippen LogP contribution in [0.15, 0.2) is 216 Å². The van der Waals surface area contributed by atoms with Crippen molar-refractivity contribution in [3.63, 3.8) is 0 Å². The Morgan fingerprint density at radius 3 is 1.39 bits per heavy atom. The smallest absolute Gasteiger partial charge is 0.145 e. The zero-order chi connectivity index (χ0) is 56.8. The van der Waals surface area contributed by atoms with Gasteiger partial charge in [-0.2, -0.15) is 0 Å². The van der Waals surface area contributed by atoms with E-state index < -0.39 is 5.41 Å². The van der Waals surface area contributed by atoms with E-state index in [-0.39, 0.29) is 21.7 Å². The lowest BCUT2D eigenvalue weighted by Crippen LogP contribution is -2.27. The molecule has 1 aromatic heterocycles. The van der Waals surface area contributed by atoms with Crippen LogP contribution in [0.4, 0.5) is 34.1 Å². The molecule has 0 radical (unpaired) electrons. The van der Waals surface area contributed by atoms with Crippen molar-refractivity contribution in [2.24, 2.45) is 0 Å². The molecule has 0 saturated carbocycles. The van der Waals surface area contributed by atoms with E-state index in [9.17, 15) is 0 Å². The van der Waals surface area contributed by atoms with Gasteiger partial charge in [0.15, 0.2) is 0 Å². The second-order valence-corrected chi connectivity index (χ2v) is 27.6. The summed E-state index contributed by atoms with van der Waals surface area (Å²) in [5, 5.41) is 7.14. The summed E-state index contributed by atoms with van der Waals surface area (Å²) < 4.78 is 7.57. The van der Waals surface area contributed by atoms with Crippen LogP contribution in [-0.4, -0.2) is 0 Å². The molecule has 0 saturated heterocycles. The first-order chi connectivity index (χ1) is 39.2. The molecule has 3 heteroatoms. The minimum Gasteiger partial charge on any atom is -0.455 e. The van der Waals surface area contributed by atoms with E-state index in [1.54, 1.807) is 0 Å². The maximum absolute atomic E-state index is 7.57. The number of hydrogen-bond acceptors (Lipinski definition) is 3. The van der Waals surface area contributed by atoms with Gasteiger partial charge >= 0.3 is 0 Å². The fourth-order valence-corrected chi connectivity index (χ4v) is 14.1. The summed E-state index contributed by atoms with van der Waals surface area (Å²) in [6.45, 7) is 27.5. The van der Waals surface area contributed by atoms with Crippen LogP contribution in [0.2, 0.25) is 0 Å². The molecule has 1 atom stereocenters. The highest BCUT2D eigenvalue weighted by molar-refractivity contribution is 6.27. The number of allylic oxidation sites excluding steroid dienone is 4. The van der Waals surface area contributed by atoms with Crippen molar-refractivity contribution in [2.45, 2.75) is 123 Å². The number of anilines is 6. The Morgan fingerprint density at radius 1 is 0.378 bits per heavy atom. The van der Waals surface area contributed by atoms with E-state index in [0.717, 1.165) is 68.9 Å². The summed E-state index contributed by atoms with van der Waals surface area (Å²) in [7, 11) is 0. The second-order valence-electron chi connectivity index (χ2n) is 27.6. The standard InChI is InChI=1S/C79H74N2O/c1-75(2,3)49-29-37-53(38-30-49)80(54-39-31-50(32-40-54)76(4,5)6)57-45-46-62-64(47-57)58-21-13-14-24-61(58)71-72-67(79(73(62)71)65-26-18-15-22-59(65)60-23-16-19-27-66(60)79)48-68(70-63-25-17-20-28-69(63)82-74(70)72)81(55-41-33-51(34-42-55)77(7,8)9)56-43-35-52(36-44-56)78(10,11)12/h13-15,17-18,20-48H,16,19H2,1-12H3. The van der Waals surface area contributed by atoms with E-state index in [4.69, 9.17) is 4.42 Å². The molecule has 11 aromatic rings. The zero-order valence-corrected chi connectivity index (χ0v) is 49.8. The van der Waals surface area contributed by atoms with Gasteiger partial charge in [0.2, 0.25) is 0 Å². The molecule has 0 fully saturated rings. The Hall–Kier alpha value is -8.40. The lowest BCUT2D eigenvalue weighted by atomic mass is 9.68. The Labute approximate surface area is 485 Å². The van der Waals surface area contributed by atoms with Crippen LogP contribution in [0.1, 0.15) is 140 Å². The van der Waals surface area contributed by atoms with E-state index >= 15 is 0 Å². The Morgan fingerprint density at radius 2 is 0.841 bits per heavy atom. The molecule has 1 spiro atoms. The minimum atomic E-state index is -0.692. The number of hydrogen-bond donors (Lipinski definition) is 0. The number of para-hydroxylation sites is 1.